The normalized spacial score (nSPS) is 13.4. The smallest absolute Gasteiger partial charge is 0.408 e. The van der Waals surface area contributed by atoms with E-state index < -0.39 is 17.7 Å². The monoisotopic (exact) mass is 448 g/mol. The number of aromatic nitrogens is 2. The molecule has 2 atom stereocenters. The maximum absolute atomic E-state index is 12.3. The van der Waals surface area contributed by atoms with Crippen LogP contribution in [-0.2, 0) is 9.53 Å². The summed E-state index contributed by atoms with van der Waals surface area (Å²) in [4.78, 5) is 24.6. The summed E-state index contributed by atoms with van der Waals surface area (Å²) in [6, 6.07) is 5.29. The molecule has 2 amide bonds. The quantitative estimate of drug-likeness (QED) is 0.546. The molecule has 1 aromatic carbocycles. The average Bonchev–Trinajstić information content (AvgIpc) is 3.15. The van der Waals surface area contributed by atoms with Crippen LogP contribution in [0.25, 0.3) is 0 Å². The van der Waals surface area contributed by atoms with Gasteiger partial charge in [0.05, 0.1) is 5.75 Å². The fourth-order valence-corrected chi connectivity index (χ4v) is 3.29. The number of anilines is 1. The van der Waals surface area contributed by atoms with Crippen LogP contribution in [0.3, 0.4) is 0 Å². The van der Waals surface area contributed by atoms with E-state index in [9.17, 15) is 9.59 Å². The van der Waals surface area contributed by atoms with E-state index >= 15 is 0 Å². The molecule has 1 aromatic heterocycles. The number of aryl methyl sites for hydroxylation is 1. The van der Waals surface area contributed by atoms with Crippen molar-refractivity contribution < 1.29 is 18.7 Å². The van der Waals surface area contributed by atoms with Crippen LogP contribution in [0.4, 0.5) is 10.5 Å². The van der Waals surface area contributed by atoms with Gasteiger partial charge in [0.25, 0.3) is 5.22 Å². The minimum absolute atomic E-state index is 0.0541. The first-order valence-corrected chi connectivity index (χ1v) is 11.3. The summed E-state index contributed by atoms with van der Waals surface area (Å²) in [6.07, 6.45) is 0.252. The lowest BCUT2D eigenvalue weighted by Crippen LogP contribution is -2.37. The Bertz CT molecular complexity index is 907. The Labute approximate surface area is 187 Å². The molecule has 8 nitrogen and oxygen atoms in total. The maximum Gasteiger partial charge on any atom is 0.408 e. The third kappa shape index (κ3) is 7.57. The molecule has 2 N–H and O–H groups in total. The number of hydrogen-bond donors (Lipinski definition) is 2. The Balaban J connectivity index is 2.00. The van der Waals surface area contributed by atoms with Crippen molar-refractivity contribution in [2.75, 3.05) is 11.1 Å². The van der Waals surface area contributed by atoms with Crippen molar-refractivity contribution in [2.45, 2.75) is 71.8 Å². The Kier molecular flexibility index (Phi) is 8.50. The molecule has 31 heavy (non-hydrogen) atoms. The Morgan fingerprint density at radius 3 is 2.58 bits per heavy atom. The van der Waals surface area contributed by atoms with Gasteiger partial charge in [-0.1, -0.05) is 44.2 Å². The second-order valence-electron chi connectivity index (χ2n) is 8.50. The molecule has 2 unspecified atom stereocenters. The Morgan fingerprint density at radius 2 is 1.94 bits per heavy atom. The van der Waals surface area contributed by atoms with E-state index in [0.29, 0.717) is 0 Å². The van der Waals surface area contributed by atoms with Crippen LogP contribution in [0.1, 0.15) is 64.1 Å². The van der Waals surface area contributed by atoms with Gasteiger partial charge in [0.1, 0.15) is 11.6 Å². The molecule has 2 aromatic rings. The van der Waals surface area contributed by atoms with Crippen molar-refractivity contribution in [3.63, 3.8) is 0 Å². The molecule has 2 rings (SSSR count). The molecule has 0 saturated carbocycles. The van der Waals surface area contributed by atoms with Gasteiger partial charge in [-0.25, -0.2) is 4.79 Å². The molecule has 9 heteroatoms. The molecule has 0 fully saturated rings. The lowest BCUT2D eigenvalue weighted by atomic mass is 9.99. The van der Waals surface area contributed by atoms with Crippen molar-refractivity contribution in [1.29, 1.82) is 0 Å². The average molecular weight is 449 g/mol. The van der Waals surface area contributed by atoms with Gasteiger partial charge in [0, 0.05) is 5.69 Å². The lowest BCUT2D eigenvalue weighted by molar-refractivity contribution is -0.113. The van der Waals surface area contributed by atoms with Gasteiger partial charge in [-0.3, -0.25) is 4.79 Å². The zero-order valence-electron chi connectivity index (χ0n) is 19.2. The van der Waals surface area contributed by atoms with Crippen LogP contribution in [0.5, 0.6) is 0 Å². The highest BCUT2D eigenvalue weighted by Gasteiger charge is 2.28. The number of thioether (sulfide) groups is 1. The van der Waals surface area contributed by atoms with Crippen molar-refractivity contribution in [2.24, 2.45) is 5.92 Å². The first kappa shape index (κ1) is 24.7. The molecule has 1 heterocycles. The zero-order chi connectivity index (χ0) is 23.2. The summed E-state index contributed by atoms with van der Waals surface area (Å²) in [5, 5.41) is 14.1. The minimum Gasteiger partial charge on any atom is -0.444 e. The molecule has 0 spiro atoms. The number of rotatable bonds is 8. The van der Waals surface area contributed by atoms with Gasteiger partial charge < -0.3 is 19.8 Å². The Morgan fingerprint density at radius 1 is 1.23 bits per heavy atom. The first-order chi connectivity index (χ1) is 14.5. The molecule has 0 aliphatic carbocycles. The summed E-state index contributed by atoms with van der Waals surface area (Å²) in [6.45, 7) is 13.4. The highest BCUT2D eigenvalue weighted by molar-refractivity contribution is 7.99. The van der Waals surface area contributed by atoms with Gasteiger partial charge in [-0.05, 0) is 57.7 Å². The minimum atomic E-state index is -0.608. The zero-order valence-corrected chi connectivity index (χ0v) is 20.1. The third-order valence-electron chi connectivity index (χ3n) is 4.78. The molecule has 0 aliphatic heterocycles. The number of hydrogen-bond acceptors (Lipinski definition) is 7. The molecule has 0 saturated heterocycles. The van der Waals surface area contributed by atoms with Crippen LogP contribution in [-0.4, -0.2) is 33.6 Å². The number of nitrogens with zero attached hydrogens (tertiary/aromatic N) is 2. The number of amides is 2. The number of carbonyl (C=O) groups is 2. The van der Waals surface area contributed by atoms with Gasteiger partial charge in [0.2, 0.25) is 11.8 Å². The second kappa shape index (κ2) is 10.7. The van der Waals surface area contributed by atoms with Gasteiger partial charge >= 0.3 is 6.09 Å². The fourth-order valence-electron chi connectivity index (χ4n) is 2.72. The molecule has 0 aliphatic rings. The van der Waals surface area contributed by atoms with Crippen LogP contribution in [0, 0.1) is 19.8 Å². The number of ether oxygens (including phenoxy) is 1. The predicted molar refractivity (Wildman–Crippen MR) is 121 cm³/mol. The highest BCUT2D eigenvalue weighted by Crippen LogP contribution is 2.27. The van der Waals surface area contributed by atoms with E-state index in [-0.39, 0.29) is 28.7 Å². The van der Waals surface area contributed by atoms with E-state index in [1.807, 2.05) is 45.9 Å². The number of benzene rings is 1. The number of alkyl carbamates (subject to hydrolysis) is 1. The van der Waals surface area contributed by atoms with Crippen molar-refractivity contribution in [1.82, 2.24) is 15.5 Å². The number of carbonyl (C=O) groups excluding carboxylic acids is 2. The van der Waals surface area contributed by atoms with Crippen molar-refractivity contribution in [3.05, 3.63) is 35.2 Å². The summed E-state index contributed by atoms with van der Waals surface area (Å²) in [7, 11) is 0. The van der Waals surface area contributed by atoms with E-state index in [1.165, 1.54) is 0 Å². The van der Waals surface area contributed by atoms with Gasteiger partial charge in [-0.15, -0.1) is 10.2 Å². The summed E-state index contributed by atoms with van der Waals surface area (Å²) >= 11 is 1.15. The van der Waals surface area contributed by atoms with Crippen molar-refractivity contribution in [3.8, 4) is 0 Å². The van der Waals surface area contributed by atoms with Gasteiger partial charge in [0.15, 0.2) is 0 Å². The first-order valence-electron chi connectivity index (χ1n) is 10.3. The van der Waals surface area contributed by atoms with Crippen LogP contribution < -0.4 is 10.6 Å². The largest absolute Gasteiger partial charge is 0.444 e. The SMILES string of the molecule is CCC(C)C(NC(=O)OC(C)(C)C)c1nnc(SCC(=O)Nc2cccc(C)c2C)o1. The predicted octanol–water partition coefficient (Wildman–Crippen LogP) is 5.03. The maximum atomic E-state index is 12.3. The van der Waals surface area contributed by atoms with E-state index in [0.717, 1.165) is 35.0 Å². The van der Waals surface area contributed by atoms with E-state index in [2.05, 4.69) is 20.8 Å². The van der Waals surface area contributed by atoms with Crippen molar-refractivity contribution >= 4 is 29.4 Å². The standard InChI is InChI=1S/C22H32N4O4S/c1-8-13(2)18(24-20(28)30-22(5,6)7)19-25-26-21(29-19)31-12-17(27)23-16-11-9-10-14(3)15(16)4/h9-11,13,18H,8,12H2,1-7H3,(H,23,27)(H,24,28). The topological polar surface area (TPSA) is 106 Å². The Hall–Kier alpha value is -2.55. The van der Waals surface area contributed by atoms with E-state index in [1.54, 1.807) is 20.8 Å². The van der Waals surface area contributed by atoms with Gasteiger partial charge in [-0.2, -0.15) is 0 Å². The molecule has 0 bridgehead atoms. The summed E-state index contributed by atoms with van der Waals surface area (Å²) in [5.74, 6) is 0.308. The highest BCUT2D eigenvalue weighted by atomic mass is 32.2. The molecular weight excluding hydrogens is 416 g/mol. The van der Waals surface area contributed by atoms with Crippen LogP contribution in [0.15, 0.2) is 27.8 Å². The second-order valence-corrected chi connectivity index (χ2v) is 9.43. The fraction of sp³-hybridized carbons (Fsp3) is 0.545. The molecule has 0 radical (unpaired) electrons. The molecule has 170 valence electrons. The third-order valence-corrected chi connectivity index (χ3v) is 5.60. The van der Waals surface area contributed by atoms with E-state index in [4.69, 9.17) is 9.15 Å². The molecular formula is C22H32N4O4S. The van der Waals surface area contributed by atoms with Crippen LogP contribution in [0.2, 0.25) is 0 Å². The van der Waals surface area contributed by atoms with Crippen LogP contribution >= 0.6 is 11.8 Å². The summed E-state index contributed by atoms with van der Waals surface area (Å²) in [5.41, 5.74) is 2.32. The number of nitrogens with one attached hydrogen (secondary N) is 2. The summed E-state index contributed by atoms with van der Waals surface area (Å²) < 4.78 is 11.1. The lowest BCUT2D eigenvalue weighted by Gasteiger charge is -2.24.